The zero-order chi connectivity index (χ0) is 18.2. The van der Waals surface area contributed by atoms with Crippen molar-refractivity contribution >= 4 is 29.4 Å². The molecule has 126 valence electrons. The number of hydrogen-bond acceptors (Lipinski definition) is 6. The average molecular weight is 339 g/mol. The summed E-state index contributed by atoms with van der Waals surface area (Å²) in [5, 5.41) is 18.6. The summed E-state index contributed by atoms with van der Waals surface area (Å²) in [6.45, 7) is 0. The van der Waals surface area contributed by atoms with Crippen molar-refractivity contribution in [2.75, 3.05) is 7.05 Å². The van der Waals surface area contributed by atoms with Crippen LogP contribution < -0.4 is 21.3 Å². The number of carbonyl (C=O) groups is 4. The second-order valence-electron chi connectivity index (χ2n) is 5.48. The van der Waals surface area contributed by atoms with E-state index in [9.17, 15) is 24.4 Å². The molecule has 0 spiro atoms. The van der Waals surface area contributed by atoms with Crippen LogP contribution in [0, 0.1) is 11.3 Å². The molecule has 1 fully saturated rings. The van der Waals surface area contributed by atoms with E-state index in [0.717, 1.165) is 0 Å². The van der Waals surface area contributed by atoms with E-state index >= 15 is 0 Å². The molecular formula is C16H13N5O4. The van der Waals surface area contributed by atoms with Gasteiger partial charge in [-0.15, -0.1) is 0 Å². The maximum atomic E-state index is 12.5. The van der Waals surface area contributed by atoms with Gasteiger partial charge in [0.05, 0.1) is 18.2 Å². The Bertz CT molecular complexity index is 876. The molecule has 0 radical (unpaired) electrons. The van der Waals surface area contributed by atoms with Crippen molar-refractivity contribution in [3.05, 3.63) is 41.0 Å². The number of benzene rings is 1. The molecule has 1 aromatic carbocycles. The van der Waals surface area contributed by atoms with Gasteiger partial charge in [-0.1, -0.05) is 24.3 Å². The van der Waals surface area contributed by atoms with Gasteiger partial charge in [0.1, 0.15) is 5.57 Å². The first-order chi connectivity index (χ1) is 11.9. The van der Waals surface area contributed by atoms with Gasteiger partial charge in [0.15, 0.2) is 5.54 Å². The molecule has 0 saturated carbocycles. The van der Waals surface area contributed by atoms with Crippen molar-refractivity contribution < 1.29 is 19.2 Å². The Balaban J connectivity index is 2.26. The number of urea groups is 1. The van der Waals surface area contributed by atoms with Gasteiger partial charge in [-0.05, 0) is 5.56 Å². The minimum absolute atomic E-state index is 0.0944. The van der Waals surface area contributed by atoms with E-state index in [4.69, 9.17) is 0 Å². The number of carbonyl (C=O) groups excluding carboxylic acids is 4. The third-order valence-corrected chi connectivity index (χ3v) is 4.11. The predicted octanol–water partition coefficient (Wildman–Crippen LogP) is -0.778. The number of imide groups is 2. The number of nitrogens with one attached hydrogen (secondary N) is 4. The van der Waals surface area contributed by atoms with E-state index in [1.807, 2.05) is 16.7 Å². The molecule has 9 nitrogen and oxygen atoms in total. The van der Waals surface area contributed by atoms with Crippen LogP contribution in [0.1, 0.15) is 17.5 Å². The van der Waals surface area contributed by atoms with Crippen molar-refractivity contribution in [2.45, 2.75) is 12.0 Å². The number of amides is 5. The summed E-state index contributed by atoms with van der Waals surface area (Å²) in [7, 11) is 1.43. The number of nitrogens with zero attached hydrogens (tertiary/aromatic N) is 1. The molecule has 5 amide bonds. The van der Waals surface area contributed by atoms with Crippen LogP contribution in [-0.4, -0.2) is 30.8 Å². The lowest BCUT2D eigenvalue weighted by Gasteiger charge is -2.27. The van der Waals surface area contributed by atoms with Crippen molar-refractivity contribution in [3.8, 4) is 6.07 Å². The average Bonchev–Trinajstić information content (AvgIpc) is 2.89. The molecule has 9 heteroatoms. The Morgan fingerprint density at radius 3 is 2.44 bits per heavy atom. The van der Waals surface area contributed by atoms with E-state index in [-0.39, 0.29) is 17.7 Å². The molecule has 0 bridgehead atoms. The number of fused-ring (bicyclic) bond motifs is 1. The first kappa shape index (κ1) is 16.2. The van der Waals surface area contributed by atoms with Gasteiger partial charge in [-0.3, -0.25) is 25.0 Å². The minimum atomic E-state index is -1.44. The molecule has 0 aliphatic carbocycles. The van der Waals surface area contributed by atoms with Crippen LogP contribution in [0.15, 0.2) is 29.8 Å². The van der Waals surface area contributed by atoms with Gasteiger partial charge in [-0.2, -0.15) is 5.26 Å². The molecule has 1 aromatic rings. The maximum absolute atomic E-state index is 12.5. The van der Waals surface area contributed by atoms with Gasteiger partial charge in [0, 0.05) is 12.6 Å². The van der Waals surface area contributed by atoms with Crippen LogP contribution >= 0.6 is 0 Å². The summed E-state index contributed by atoms with van der Waals surface area (Å²) in [6.07, 6.45) is -0.220. The molecule has 2 heterocycles. The number of barbiturate groups is 1. The SMILES string of the molecule is CNC(=O)C1(CC#N)NC(=C2C(=O)NC(=O)NC2=O)c2ccccc21. The highest BCUT2D eigenvalue weighted by molar-refractivity contribution is 6.32. The highest BCUT2D eigenvalue weighted by atomic mass is 16.2. The fourth-order valence-electron chi connectivity index (χ4n) is 3.04. The highest BCUT2D eigenvalue weighted by Gasteiger charge is 2.49. The molecule has 2 aliphatic rings. The largest absolute Gasteiger partial charge is 0.365 e. The van der Waals surface area contributed by atoms with E-state index in [0.29, 0.717) is 11.1 Å². The summed E-state index contributed by atoms with van der Waals surface area (Å²) >= 11 is 0. The molecule has 1 saturated heterocycles. The molecule has 4 N–H and O–H groups in total. The predicted molar refractivity (Wildman–Crippen MR) is 84.2 cm³/mol. The smallest absolute Gasteiger partial charge is 0.328 e. The van der Waals surface area contributed by atoms with E-state index in [1.165, 1.54) is 7.05 Å². The summed E-state index contributed by atoms with van der Waals surface area (Å²) in [4.78, 5) is 48.1. The molecule has 1 atom stereocenters. The molecule has 2 aliphatic heterocycles. The quantitative estimate of drug-likeness (QED) is 0.412. The standard InChI is InChI=1S/C16H13N5O4/c1-18-14(24)16(6-7-17)9-5-3-2-4-8(9)11(21-16)10-12(22)19-15(25)20-13(10)23/h2-5,21H,6H2,1H3,(H,18,24)(H2,19,20,22,23,25). The number of nitriles is 1. The van der Waals surface area contributed by atoms with Crippen LogP contribution in [0.3, 0.4) is 0 Å². The maximum Gasteiger partial charge on any atom is 0.328 e. The van der Waals surface area contributed by atoms with Gasteiger partial charge < -0.3 is 10.6 Å². The number of hydrogen-bond donors (Lipinski definition) is 4. The Kier molecular flexibility index (Phi) is 3.73. The van der Waals surface area contributed by atoms with Crippen molar-refractivity contribution in [1.82, 2.24) is 21.3 Å². The number of rotatable bonds is 2. The first-order valence-electron chi connectivity index (χ1n) is 7.32. The lowest BCUT2D eigenvalue weighted by molar-refractivity contribution is -0.127. The minimum Gasteiger partial charge on any atom is -0.365 e. The molecule has 3 rings (SSSR count). The Hall–Kier alpha value is -3.67. The summed E-state index contributed by atoms with van der Waals surface area (Å²) in [5.74, 6) is -2.24. The van der Waals surface area contributed by atoms with Crippen molar-refractivity contribution in [3.63, 3.8) is 0 Å². The Labute approximate surface area is 142 Å². The van der Waals surface area contributed by atoms with E-state index < -0.39 is 29.3 Å². The van der Waals surface area contributed by atoms with Gasteiger partial charge in [-0.25, -0.2) is 4.79 Å². The molecular weight excluding hydrogens is 326 g/mol. The topological polar surface area (TPSA) is 140 Å². The lowest BCUT2D eigenvalue weighted by Crippen LogP contribution is -2.53. The summed E-state index contributed by atoms with van der Waals surface area (Å²) in [5.41, 5.74) is -0.760. The van der Waals surface area contributed by atoms with E-state index in [2.05, 4.69) is 10.6 Å². The first-order valence-corrected chi connectivity index (χ1v) is 7.32. The lowest BCUT2D eigenvalue weighted by atomic mass is 9.86. The van der Waals surface area contributed by atoms with Gasteiger partial charge >= 0.3 is 6.03 Å². The van der Waals surface area contributed by atoms with Gasteiger partial charge in [0.25, 0.3) is 17.7 Å². The zero-order valence-corrected chi connectivity index (χ0v) is 13.1. The normalized spacial score (nSPS) is 21.7. The van der Waals surface area contributed by atoms with Crippen LogP contribution in [0.4, 0.5) is 4.79 Å². The van der Waals surface area contributed by atoms with Crippen LogP contribution in [0.5, 0.6) is 0 Å². The fourth-order valence-corrected chi connectivity index (χ4v) is 3.04. The van der Waals surface area contributed by atoms with Crippen molar-refractivity contribution in [2.24, 2.45) is 0 Å². The highest BCUT2D eigenvalue weighted by Crippen LogP contribution is 2.41. The third-order valence-electron chi connectivity index (χ3n) is 4.11. The Morgan fingerprint density at radius 1 is 1.20 bits per heavy atom. The second-order valence-corrected chi connectivity index (χ2v) is 5.48. The fraction of sp³-hybridized carbons (Fsp3) is 0.188. The summed E-state index contributed by atoms with van der Waals surface area (Å²) < 4.78 is 0. The second kappa shape index (κ2) is 5.76. The van der Waals surface area contributed by atoms with E-state index in [1.54, 1.807) is 24.3 Å². The zero-order valence-electron chi connectivity index (χ0n) is 13.1. The van der Waals surface area contributed by atoms with Crippen molar-refractivity contribution in [1.29, 1.82) is 5.26 Å². The molecule has 25 heavy (non-hydrogen) atoms. The molecule has 1 unspecified atom stereocenters. The Morgan fingerprint density at radius 2 is 1.84 bits per heavy atom. The van der Waals surface area contributed by atoms with Crippen LogP contribution in [-0.2, 0) is 19.9 Å². The molecule has 0 aromatic heterocycles. The summed E-state index contributed by atoms with van der Waals surface area (Å²) in [6, 6.07) is 7.68. The number of likely N-dealkylation sites (N-methyl/N-ethyl adjacent to an activating group) is 1. The third kappa shape index (κ3) is 2.31. The monoisotopic (exact) mass is 339 g/mol. The van der Waals surface area contributed by atoms with Crippen LogP contribution in [0.2, 0.25) is 0 Å². The van der Waals surface area contributed by atoms with Crippen LogP contribution in [0.25, 0.3) is 5.70 Å². The van der Waals surface area contributed by atoms with Gasteiger partial charge in [0.2, 0.25) is 0 Å².